The predicted octanol–water partition coefficient (Wildman–Crippen LogP) is 2.77. The Morgan fingerprint density at radius 3 is 2.76 bits per heavy atom. The first-order valence-corrected chi connectivity index (χ1v) is 7.24. The molecule has 5 heteroatoms. The number of anilines is 1. The average molecular weight is 291 g/mol. The maximum Gasteiger partial charge on any atom is 0.307 e. The summed E-state index contributed by atoms with van der Waals surface area (Å²) in [6, 6.07) is 7.18. The third-order valence-corrected chi connectivity index (χ3v) is 3.51. The van der Waals surface area contributed by atoms with Gasteiger partial charge >= 0.3 is 5.97 Å². The van der Waals surface area contributed by atoms with Gasteiger partial charge in [-0.15, -0.1) is 0 Å². The van der Waals surface area contributed by atoms with E-state index < -0.39 is 17.8 Å². The van der Waals surface area contributed by atoms with E-state index in [1.165, 1.54) is 0 Å². The molecule has 0 saturated heterocycles. The standard InChI is InChI=1S/C16H21NO4/c1-10(2)6-7-21-12-5-3-4-11(8-12)17-15(18)13-9-14(13)16(19)20/h3-5,8,10,13-14H,6-7,9H2,1-2H3,(H,17,18)(H,19,20). The van der Waals surface area contributed by atoms with Crippen LogP contribution in [0.25, 0.3) is 0 Å². The Balaban J connectivity index is 1.86. The van der Waals surface area contributed by atoms with Crippen molar-refractivity contribution < 1.29 is 19.4 Å². The Morgan fingerprint density at radius 1 is 1.38 bits per heavy atom. The van der Waals surface area contributed by atoms with Crippen molar-refractivity contribution in [3.63, 3.8) is 0 Å². The molecule has 1 aliphatic rings. The van der Waals surface area contributed by atoms with Gasteiger partial charge in [0.1, 0.15) is 5.75 Å². The van der Waals surface area contributed by atoms with E-state index in [4.69, 9.17) is 9.84 Å². The lowest BCUT2D eigenvalue weighted by Crippen LogP contribution is -2.16. The molecule has 114 valence electrons. The van der Waals surface area contributed by atoms with Gasteiger partial charge < -0.3 is 15.2 Å². The summed E-state index contributed by atoms with van der Waals surface area (Å²) in [6.45, 7) is 4.90. The van der Waals surface area contributed by atoms with Crippen molar-refractivity contribution in [2.45, 2.75) is 26.7 Å². The van der Waals surface area contributed by atoms with E-state index in [9.17, 15) is 9.59 Å². The van der Waals surface area contributed by atoms with Crippen LogP contribution in [0.4, 0.5) is 5.69 Å². The molecule has 1 aromatic rings. The van der Waals surface area contributed by atoms with Crippen LogP contribution < -0.4 is 10.1 Å². The average Bonchev–Trinajstić information content (AvgIpc) is 3.19. The largest absolute Gasteiger partial charge is 0.494 e. The van der Waals surface area contributed by atoms with Crippen LogP contribution in [0.2, 0.25) is 0 Å². The molecule has 0 aromatic heterocycles. The first-order chi connectivity index (χ1) is 9.97. The van der Waals surface area contributed by atoms with Crippen molar-refractivity contribution in [2.24, 2.45) is 17.8 Å². The van der Waals surface area contributed by atoms with E-state index in [0.717, 1.165) is 6.42 Å². The van der Waals surface area contributed by atoms with Crippen molar-refractivity contribution in [3.8, 4) is 5.75 Å². The molecule has 0 aliphatic heterocycles. The summed E-state index contributed by atoms with van der Waals surface area (Å²) in [4.78, 5) is 22.6. The van der Waals surface area contributed by atoms with Crippen molar-refractivity contribution in [1.82, 2.24) is 0 Å². The zero-order chi connectivity index (χ0) is 15.4. The van der Waals surface area contributed by atoms with Crippen LogP contribution in [0.5, 0.6) is 5.75 Å². The van der Waals surface area contributed by atoms with Gasteiger partial charge in [-0.25, -0.2) is 0 Å². The lowest BCUT2D eigenvalue weighted by atomic mass is 10.1. The van der Waals surface area contributed by atoms with Crippen LogP contribution in [-0.2, 0) is 9.59 Å². The molecule has 0 spiro atoms. The summed E-state index contributed by atoms with van der Waals surface area (Å²) < 4.78 is 5.63. The molecule has 1 fully saturated rings. The molecule has 5 nitrogen and oxygen atoms in total. The normalized spacial score (nSPS) is 20.1. The van der Waals surface area contributed by atoms with Gasteiger partial charge in [0, 0.05) is 11.8 Å². The van der Waals surface area contributed by atoms with E-state index in [0.29, 0.717) is 30.4 Å². The number of ether oxygens (including phenoxy) is 1. The molecular weight excluding hydrogens is 270 g/mol. The second kappa shape index (κ2) is 6.61. The van der Waals surface area contributed by atoms with Gasteiger partial charge in [-0.1, -0.05) is 19.9 Å². The topological polar surface area (TPSA) is 75.6 Å². The van der Waals surface area contributed by atoms with E-state index >= 15 is 0 Å². The van der Waals surface area contributed by atoms with Crippen molar-refractivity contribution in [3.05, 3.63) is 24.3 Å². The zero-order valence-corrected chi connectivity index (χ0v) is 12.3. The van der Waals surface area contributed by atoms with Crippen LogP contribution in [0.3, 0.4) is 0 Å². The zero-order valence-electron chi connectivity index (χ0n) is 12.3. The van der Waals surface area contributed by atoms with Crippen molar-refractivity contribution in [1.29, 1.82) is 0 Å². The van der Waals surface area contributed by atoms with E-state index in [1.54, 1.807) is 12.1 Å². The number of hydrogen-bond donors (Lipinski definition) is 2. The number of carboxylic acid groups (broad SMARTS) is 1. The van der Waals surface area contributed by atoms with E-state index in [-0.39, 0.29) is 5.91 Å². The van der Waals surface area contributed by atoms with E-state index in [1.807, 2.05) is 12.1 Å². The third-order valence-electron chi connectivity index (χ3n) is 3.51. The summed E-state index contributed by atoms with van der Waals surface area (Å²) in [5.41, 5.74) is 0.637. The number of amides is 1. The number of nitrogens with one attached hydrogen (secondary N) is 1. The molecule has 1 aliphatic carbocycles. The van der Waals surface area contributed by atoms with Gasteiger partial charge in [0.2, 0.25) is 5.91 Å². The second-order valence-corrected chi connectivity index (χ2v) is 5.83. The summed E-state index contributed by atoms with van der Waals surface area (Å²) in [7, 11) is 0. The predicted molar refractivity (Wildman–Crippen MR) is 79.3 cm³/mol. The fourth-order valence-corrected chi connectivity index (χ4v) is 2.07. The molecule has 0 radical (unpaired) electrons. The molecule has 1 amide bonds. The van der Waals surface area contributed by atoms with Crippen LogP contribution in [0.1, 0.15) is 26.7 Å². The minimum atomic E-state index is -0.902. The monoisotopic (exact) mass is 291 g/mol. The molecule has 2 unspecified atom stereocenters. The molecule has 2 N–H and O–H groups in total. The number of carbonyl (C=O) groups is 2. The Labute approximate surface area is 124 Å². The number of benzene rings is 1. The molecule has 2 atom stereocenters. The fourth-order valence-electron chi connectivity index (χ4n) is 2.07. The van der Waals surface area contributed by atoms with Crippen LogP contribution >= 0.6 is 0 Å². The second-order valence-electron chi connectivity index (χ2n) is 5.83. The number of rotatable bonds is 7. The van der Waals surface area contributed by atoms with Gasteiger partial charge in [0.05, 0.1) is 18.4 Å². The van der Waals surface area contributed by atoms with Crippen molar-refractivity contribution >= 4 is 17.6 Å². The highest BCUT2D eigenvalue weighted by Crippen LogP contribution is 2.39. The summed E-state index contributed by atoms with van der Waals surface area (Å²) in [5, 5.41) is 11.6. The first-order valence-electron chi connectivity index (χ1n) is 7.24. The minimum absolute atomic E-state index is 0.235. The Morgan fingerprint density at radius 2 is 2.14 bits per heavy atom. The molecule has 1 aromatic carbocycles. The summed E-state index contributed by atoms with van der Waals surface area (Å²) in [6.07, 6.45) is 1.39. The maximum absolute atomic E-state index is 11.9. The molecule has 1 saturated carbocycles. The highest BCUT2D eigenvalue weighted by molar-refractivity contribution is 5.98. The fraction of sp³-hybridized carbons (Fsp3) is 0.500. The minimum Gasteiger partial charge on any atom is -0.494 e. The highest BCUT2D eigenvalue weighted by atomic mass is 16.5. The van der Waals surface area contributed by atoms with Gasteiger partial charge in [-0.2, -0.15) is 0 Å². The lowest BCUT2D eigenvalue weighted by Gasteiger charge is -2.10. The highest BCUT2D eigenvalue weighted by Gasteiger charge is 2.48. The molecule has 0 heterocycles. The van der Waals surface area contributed by atoms with Gasteiger partial charge in [0.15, 0.2) is 0 Å². The molecule has 21 heavy (non-hydrogen) atoms. The summed E-state index contributed by atoms with van der Waals surface area (Å²) in [5.74, 6) is -0.791. The molecule has 2 rings (SSSR count). The molecular formula is C16H21NO4. The van der Waals surface area contributed by atoms with Crippen LogP contribution in [0.15, 0.2) is 24.3 Å². The van der Waals surface area contributed by atoms with Crippen LogP contribution in [-0.4, -0.2) is 23.6 Å². The Kier molecular flexibility index (Phi) is 4.83. The number of hydrogen-bond acceptors (Lipinski definition) is 3. The van der Waals surface area contributed by atoms with Crippen molar-refractivity contribution in [2.75, 3.05) is 11.9 Å². The first kappa shape index (κ1) is 15.4. The SMILES string of the molecule is CC(C)CCOc1cccc(NC(=O)C2CC2C(=O)O)c1. The number of carbonyl (C=O) groups excluding carboxylic acids is 1. The van der Waals surface area contributed by atoms with Gasteiger partial charge in [-0.05, 0) is 30.9 Å². The number of carboxylic acids is 1. The Bertz CT molecular complexity index is 527. The van der Waals surface area contributed by atoms with E-state index in [2.05, 4.69) is 19.2 Å². The van der Waals surface area contributed by atoms with Crippen LogP contribution in [0, 0.1) is 17.8 Å². The van der Waals surface area contributed by atoms with Gasteiger partial charge in [0.25, 0.3) is 0 Å². The quantitative estimate of drug-likeness (QED) is 0.810. The lowest BCUT2D eigenvalue weighted by molar-refractivity contribution is -0.139. The maximum atomic E-state index is 11.9. The number of aliphatic carboxylic acids is 1. The van der Waals surface area contributed by atoms with Gasteiger partial charge in [-0.3, -0.25) is 9.59 Å². The summed E-state index contributed by atoms with van der Waals surface area (Å²) >= 11 is 0. The third kappa shape index (κ3) is 4.48. The Hall–Kier alpha value is -2.04. The molecule has 0 bridgehead atoms. The smallest absolute Gasteiger partial charge is 0.307 e.